The fourth-order valence-electron chi connectivity index (χ4n) is 4.85. The molecule has 1 amide bonds. The maximum atomic E-state index is 15.1. The van der Waals surface area contributed by atoms with Crippen LogP contribution >= 0.6 is 11.3 Å². The summed E-state index contributed by atoms with van der Waals surface area (Å²) in [6, 6.07) is 17.8. The van der Waals surface area contributed by atoms with Crippen molar-refractivity contribution >= 4 is 38.9 Å². The molecule has 0 N–H and O–H groups in total. The SMILES string of the molecule is CC(C)n1cnc(-c2cc3nccc(Oc4ccc(CC(=O)C5CC(=O)N(c6ccccc6)C5)cc4F)c3s2)c1. The van der Waals surface area contributed by atoms with Crippen molar-refractivity contribution in [2.24, 2.45) is 5.92 Å². The van der Waals surface area contributed by atoms with Crippen LogP contribution in [0, 0.1) is 11.7 Å². The normalized spacial score (nSPS) is 15.3. The highest BCUT2D eigenvalue weighted by Gasteiger charge is 2.34. The highest BCUT2D eigenvalue weighted by atomic mass is 32.1. The lowest BCUT2D eigenvalue weighted by Crippen LogP contribution is -2.26. The molecule has 4 heterocycles. The van der Waals surface area contributed by atoms with Crippen LogP contribution in [0.25, 0.3) is 20.8 Å². The molecule has 0 radical (unpaired) electrons. The van der Waals surface area contributed by atoms with E-state index in [1.165, 1.54) is 17.4 Å². The molecule has 5 aromatic rings. The van der Waals surface area contributed by atoms with E-state index in [2.05, 4.69) is 23.8 Å². The van der Waals surface area contributed by atoms with Crippen molar-refractivity contribution in [2.45, 2.75) is 32.7 Å². The third-order valence-corrected chi connectivity index (χ3v) is 8.23. The number of para-hydroxylation sites is 1. The van der Waals surface area contributed by atoms with Crippen LogP contribution in [0.15, 0.2) is 79.4 Å². The Hall–Kier alpha value is -4.37. The van der Waals surface area contributed by atoms with Crippen molar-refractivity contribution in [3.05, 3.63) is 90.8 Å². The zero-order valence-corrected chi connectivity index (χ0v) is 22.9. The Morgan fingerprint density at radius 1 is 1.10 bits per heavy atom. The van der Waals surface area contributed by atoms with Gasteiger partial charge in [0, 0.05) is 55.5 Å². The summed E-state index contributed by atoms with van der Waals surface area (Å²) in [5, 5.41) is 0. The number of ketones is 1. The number of Topliss-reactive ketones (excluding diaryl/α,β-unsaturated/α-hetero) is 1. The van der Waals surface area contributed by atoms with E-state index in [1.54, 1.807) is 35.6 Å². The van der Waals surface area contributed by atoms with Gasteiger partial charge in [0.25, 0.3) is 0 Å². The molecule has 1 unspecified atom stereocenters. The van der Waals surface area contributed by atoms with Crippen LogP contribution in [0.3, 0.4) is 0 Å². The molecule has 0 aliphatic carbocycles. The number of aromatic nitrogens is 3. The number of carbonyl (C=O) groups is 2. The van der Waals surface area contributed by atoms with E-state index >= 15 is 4.39 Å². The van der Waals surface area contributed by atoms with E-state index in [4.69, 9.17) is 4.74 Å². The summed E-state index contributed by atoms with van der Waals surface area (Å²) < 4.78 is 24.0. The van der Waals surface area contributed by atoms with Crippen LogP contribution in [0.4, 0.5) is 10.1 Å². The first kappa shape index (κ1) is 25.9. The van der Waals surface area contributed by atoms with Gasteiger partial charge in [0.05, 0.1) is 27.1 Å². The Bertz CT molecular complexity index is 1710. The lowest BCUT2D eigenvalue weighted by atomic mass is 9.97. The number of anilines is 1. The number of halogens is 1. The summed E-state index contributed by atoms with van der Waals surface area (Å²) >= 11 is 1.49. The number of thiophene rings is 1. The van der Waals surface area contributed by atoms with E-state index in [-0.39, 0.29) is 30.3 Å². The van der Waals surface area contributed by atoms with Gasteiger partial charge in [-0.25, -0.2) is 9.37 Å². The Morgan fingerprint density at radius 2 is 1.93 bits per heavy atom. The molecule has 6 rings (SSSR count). The quantitative estimate of drug-likeness (QED) is 0.210. The Labute approximate surface area is 234 Å². The molecule has 0 saturated carbocycles. The van der Waals surface area contributed by atoms with E-state index in [9.17, 15) is 9.59 Å². The predicted molar refractivity (Wildman–Crippen MR) is 153 cm³/mol. The maximum Gasteiger partial charge on any atom is 0.227 e. The summed E-state index contributed by atoms with van der Waals surface area (Å²) in [6.45, 7) is 4.52. The molecular weight excluding hydrogens is 527 g/mol. The zero-order chi connectivity index (χ0) is 27.8. The van der Waals surface area contributed by atoms with Crippen LogP contribution in [-0.2, 0) is 16.0 Å². The molecule has 3 aromatic heterocycles. The number of hydrogen-bond acceptors (Lipinski definition) is 6. The summed E-state index contributed by atoms with van der Waals surface area (Å²) in [6.07, 6.45) is 5.65. The topological polar surface area (TPSA) is 77.3 Å². The highest BCUT2D eigenvalue weighted by Crippen LogP contribution is 2.39. The third kappa shape index (κ3) is 5.12. The van der Waals surface area contributed by atoms with Crippen LogP contribution in [0.2, 0.25) is 0 Å². The van der Waals surface area contributed by atoms with Crippen molar-refractivity contribution in [1.29, 1.82) is 0 Å². The van der Waals surface area contributed by atoms with Gasteiger partial charge in [0.1, 0.15) is 11.5 Å². The fraction of sp³-hybridized carbons (Fsp3) is 0.226. The van der Waals surface area contributed by atoms with Crippen molar-refractivity contribution in [2.75, 3.05) is 11.4 Å². The molecule has 202 valence electrons. The minimum atomic E-state index is -0.559. The predicted octanol–water partition coefficient (Wildman–Crippen LogP) is 6.84. The number of hydrogen-bond donors (Lipinski definition) is 0. The highest BCUT2D eigenvalue weighted by molar-refractivity contribution is 7.22. The second-order valence-electron chi connectivity index (χ2n) is 10.2. The zero-order valence-electron chi connectivity index (χ0n) is 22.1. The summed E-state index contributed by atoms with van der Waals surface area (Å²) in [7, 11) is 0. The standard InChI is InChI=1S/C31H27FN4O3S/c1-19(2)35-17-25(34-18-35)29-15-24-31(40-29)28(10-11-33-24)39-27-9-8-20(12-23(27)32)13-26(37)21-14-30(38)36(16-21)22-6-4-3-5-7-22/h3-12,15,17-19,21H,13-14,16H2,1-2H3. The molecule has 0 spiro atoms. The average Bonchev–Trinajstić information content (AvgIpc) is 3.69. The number of imidazole rings is 1. The van der Waals surface area contributed by atoms with Crippen LogP contribution in [-0.4, -0.2) is 32.8 Å². The van der Waals surface area contributed by atoms with Gasteiger partial charge in [0.15, 0.2) is 11.6 Å². The number of ether oxygens (including phenoxy) is 1. The van der Waals surface area contributed by atoms with E-state index in [1.807, 2.05) is 47.2 Å². The number of carbonyl (C=O) groups excluding carboxylic acids is 2. The molecule has 0 bridgehead atoms. The number of fused-ring (bicyclic) bond motifs is 1. The molecule has 1 aliphatic rings. The summed E-state index contributed by atoms with van der Waals surface area (Å²) in [5.41, 5.74) is 2.91. The van der Waals surface area contributed by atoms with Gasteiger partial charge in [-0.15, -0.1) is 11.3 Å². The van der Waals surface area contributed by atoms with E-state index in [0.717, 1.165) is 26.5 Å². The van der Waals surface area contributed by atoms with Gasteiger partial charge < -0.3 is 14.2 Å². The van der Waals surface area contributed by atoms with Crippen LogP contribution in [0.1, 0.15) is 31.9 Å². The number of amides is 1. The number of pyridine rings is 1. The third-order valence-electron chi connectivity index (χ3n) is 7.07. The van der Waals surface area contributed by atoms with Gasteiger partial charge in [-0.3, -0.25) is 14.6 Å². The van der Waals surface area contributed by atoms with Gasteiger partial charge in [-0.2, -0.15) is 0 Å². The summed E-state index contributed by atoms with van der Waals surface area (Å²) in [5.74, 6) is -0.575. The number of nitrogens with zero attached hydrogens (tertiary/aromatic N) is 4. The molecule has 40 heavy (non-hydrogen) atoms. The molecule has 2 aromatic carbocycles. The van der Waals surface area contributed by atoms with E-state index < -0.39 is 11.7 Å². The number of benzene rings is 2. The second-order valence-corrected chi connectivity index (χ2v) is 11.2. The van der Waals surface area contributed by atoms with E-state index in [0.29, 0.717) is 23.9 Å². The Morgan fingerprint density at radius 3 is 2.67 bits per heavy atom. The van der Waals surface area contributed by atoms with Gasteiger partial charge >= 0.3 is 0 Å². The van der Waals surface area contributed by atoms with Crippen molar-refractivity contribution in [3.8, 4) is 22.1 Å². The monoisotopic (exact) mass is 554 g/mol. The fourth-order valence-corrected chi connectivity index (χ4v) is 5.88. The largest absolute Gasteiger partial charge is 0.453 e. The lowest BCUT2D eigenvalue weighted by molar-refractivity contribution is -0.124. The molecule has 1 atom stereocenters. The molecule has 7 nitrogen and oxygen atoms in total. The van der Waals surface area contributed by atoms with Crippen molar-refractivity contribution < 1.29 is 18.7 Å². The maximum absolute atomic E-state index is 15.1. The smallest absolute Gasteiger partial charge is 0.227 e. The van der Waals surface area contributed by atoms with Crippen LogP contribution < -0.4 is 9.64 Å². The van der Waals surface area contributed by atoms with Crippen molar-refractivity contribution in [3.63, 3.8) is 0 Å². The van der Waals surface area contributed by atoms with Crippen molar-refractivity contribution in [1.82, 2.24) is 14.5 Å². The summed E-state index contributed by atoms with van der Waals surface area (Å²) in [4.78, 5) is 37.0. The molecule has 1 saturated heterocycles. The minimum absolute atomic E-state index is 0.0502. The van der Waals surface area contributed by atoms with Gasteiger partial charge in [-0.1, -0.05) is 24.3 Å². The average molecular weight is 555 g/mol. The lowest BCUT2D eigenvalue weighted by Gasteiger charge is -2.16. The first-order chi connectivity index (χ1) is 19.4. The minimum Gasteiger partial charge on any atom is -0.453 e. The Balaban J connectivity index is 1.16. The molecule has 9 heteroatoms. The first-order valence-corrected chi connectivity index (χ1v) is 13.9. The van der Waals surface area contributed by atoms with Crippen LogP contribution in [0.5, 0.6) is 11.5 Å². The molecular formula is C31H27FN4O3S. The molecule has 1 aliphatic heterocycles. The first-order valence-electron chi connectivity index (χ1n) is 13.1. The molecule has 1 fully saturated rings. The second kappa shape index (κ2) is 10.7. The van der Waals surface area contributed by atoms with Gasteiger partial charge in [0.2, 0.25) is 5.91 Å². The van der Waals surface area contributed by atoms with Gasteiger partial charge in [-0.05, 0) is 49.7 Å². The number of rotatable bonds is 8. The Kier molecular flexibility index (Phi) is 6.89.